The molecule has 1 N–H and O–H groups in total. The Bertz CT molecular complexity index is 695. The standard InChI is InChI=1S/C14H10BrN3O2/c1-20-11-6-2-4-9(8-16)12(11)18-14(19)10-5-3-7-17-13(10)15/h2-7H,1H3,(H,18,19). The van der Waals surface area contributed by atoms with Crippen LogP contribution >= 0.6 is 15.9 Å². The zero-order valence-electron chi connectivity index (χ0n) is 10.6. The molecule has 0 atom stereocenters. The molecule has 0 aliphatic heterocycles. The molecule has 20 heavy (non-hydrogen) atoms. The number of nitrogens with zero attached hydrogens (tertiary/aromatic N) is 2. The number of carbonyl (C=O) groups excluding carboxylic acids is 1. The fourth-order valence-electron chi connectivity index (χ4n) is 1.66. The van der Waals surface area contributed by atoms with Crippen molar-refractivity contribution in [2.75, 3.05) is 12.4 Å². The predicted molar refractivity (Wildman–Crippen MR) is 77.6 cm³/mol. The number of nitrogens with one attached hydrogen (secondary N) is 1. The second-order valence-electron chi connectivity index (χ2n) is 3.79. The van der Waals surface area contributed by atoms with Crippen molar-refractivity contribution < 1.29 is 9.53 Å². The topological polar surface area (TPSA) is 75.0 Å². The third-order valence-electron chi connectivity index (χ3n) is 2.61. The van der Waals surface area contributed by atoms with Crippen LogP contribution in [0.2, 0.25) is 0 Å². The molecule has 100 valence electrons. The molecule has 5 nitrogen and oxygen atoms in total. The molecule has 0 aliphatic carbocycles. The molecule has 0 unspecified atom stereocenters. The summed E-state index contributed by atoms with van der Waals surface area (Å²) in [7, 11) is 1.48. The molecule has 2 rings (SSSR count). The van der Waals surface area contributed by atoms with Crippen molar-refractivity contribution in [2.24, 2.45) is 0 Å². The zero-order chi connectivity index (χ0) is 14.5. The van der Waals surface area contributed by atoms with Gasteiger partial charge < -0.3 is 10.1 Å². The maximum Gasteiger partial charge on any atom is 0.258 e. The second-order valence-corrected chi connectivity index (χ2v) is 4.54. The minimum Gasteiger partial charge on any atom is -0.495 e. The van der Waals surface area contributed by atoms with E-state index in [1.807, 2.05) is 6.07 Å². The molecule has 2 aromatic rings. The molecule has 1 amide bonds. The van der Waals surface area contributed by atoms with Crippen LogP contribution in [0.4, 0.5) is 5.69 Å². The lowest BCUT2D eigenvalue weighted by Gasteiger charge is -2.12. The van der Waals surface area contributed by atoms with E-state index in [0.29, 0.717) is 27.2 Å². The number of halogens is 1. The molecule has 0 aliphatic rings. The Hall–Kier alpha value is -2.39. The number of methoxy groups -OCH3 is 1. The minimum atomic E-state index is -0.369. The summed E-state index contributed by atoms with van der Waals surface area (Å²) in [4.78, 5) is 16.2. The number of carbonyl (C=O) groups is 1. The quantitative estimate of drug-likeness (QED) is 0.877. The van der Waals surface area contributed by atoms with E-state index in [9.17, 15) is 4.79 Å². The Morgan fingerprint density at radius 1 is 1.40 bits per heavy atom. The van der Waals surface area contributed by atoms with Gasteiger partial charge in [0.2, 0.25) is 0 Å². The zero-order valence-corrected chi connectivity index (χ0v) is 12.1. The molecule has 0 bridgehead atoms. The number of hydrogen-bond donors (Lipinski definition) is 1. The van der Waals surface area contributed by atoms with Crippen LogP contribution in [0.25, 0.3) is 0 Å². The summed E-state index contributed by atoms with van der Waals surface area (Å²) in [5.74, 6) is 0.0587. The molecule has 0 saturated carbocycles. The van der Waals surface area contributed by atoms with Crippen LogP contribution in [-0.2, 0) is 0 Å². The van der Waals surface area contributed by atoms with Crippen LogP contribution in [0.15, 0.2) is 41.1 Å². The van der Waals surface area contributed by atoms with Gasteiger partial charge in [0.25, 0.3) is 5.91 Å². The lowest BCUT2D eigenvalue weighted by atomic mass is 10.1. The van der Waals surface area contributed by atoms with Gasteiger partial charge in [0, 0.05) is 6.20 Å². The van der Waals surface area contributed by atoms with E-state index in [1.54, 1.807) is 36.5 Å². The van der Waals surface area contributed by atoms with E-state index in [1.165, 1.54) is 7.11 Å². The van der Waals surface area contributed by atoms with Gasteiger partial charge in [0.1, 0.15) is 22.1 Å². The molecule has 0 radical (unpaired) electrons. The number of benzene rings is 1. The van der Waals surface area contributed by atoms with Gasteiger partial charge in [-0.05, 0) is 40.2 Å². The average Bonchev–Trinajstić information content (AvgIpc) is 2.47. The normalized spacial score (nSPS) is 9.65. The molecular weight excluding hydrogens is 322 g/mol. The number of pyridine rings is 1. The Kier molecular flexibility index (Phi) is 4.33. The van der Waals surface area contributed by atoms with Crippen LogP contribution in [0.1, 0.15) is 15.9 Å². The first-order valence-corrected chi connectivity index (χ1v) is 6.45. The highest BCUT2D eigenvalue weighted by Crippen LogP contribution is 2.28. The predicted octanol–water partition coefficient (Wildman–Crippen LogP) is 2.98. The number of anilines is 1. The largest absolute Gasteiger partial charge is 0.495 e. The average molecular weight is 332 g/mol. The molecule has 1 aromatic carbocycles. The fourth-order valence-corrected chi connectivity index (χ4v) is 2.09. The van der Waals surface area contributed by atoms with E-state index in [0.717, 1.165) is 0 Å². The summed E-state index contributed by atoms with van der Waals surface area (Å²) < 4.78 is 5.60. The van der Waals surface area contributed by atoms with Crippen LogP contribution in [-0.4, -0.2) is 18.0 Å². The third kappa shape index (κ3) is 2.78. The summed E-state index contributed by atoms with van der Waals surface area (Å²) in [5.41, 5.74) is 1.05. The molecular formula is C14H10BrN3O2. The highest BCUT2D eigenvalue weighted by molar-refractivity contribution is 9.10. The Morgan fingerprint density at radius 3 is 2.85 bits per heavy atom. The highest BCUT2D eigenvalue weighted by atomic mass is 79.9. The fraction of sp³-hybridized carbons (Fsp3) is 0.0714. The summed E-state index contributed by atoms with van der Waals surface area (Å²) >= 11 is 3.21. The third-order valence-corrected chi connectivity index (χ3v) is 3.24. The molecule has 0 fully saturated rings. The van der Waals surface area contributed by atoms with Gasteiger partial charge in [0.05, 0.1) is 18.2 Å². The van der Waals surface area contributed by atoms with Crippen LogP contribution < -0.4 is 10.1 Å². The van der Waals surface area contributed by atoms with Gasteiger partial charge in [0.15, 0.2) is 0 Å². The Labute approximate surface area is 124 Å². The minimum absolute atomic E-state index is 0.331. The number of ether oxygens (including phenoxy) is 1. The lowest BCUT2D eigenvalue weighted by molar-refractivity contribution is 0.102. The van der Waals surface area contributed by atoms with E-state index < -0.39 is 0 Å². The van der Waals surface area contributed by atoms with Crippen molar-refractivity contribution in [2.45, 2.75) is 0 Å². The lowest BCUT2D eigenvalue weighted by Crippen LogP contribution is -2.14. The molecule has 6 heteroatoms. The van der Waals surface area contributed by atoms with E-state index >= 15 is 0 Å². The number of hydrogen-bond acceptors (Lipinski definition) is 4. The molecule has 1 aromatic heterocycles. The van der Waals surface area contributed by atoms with Crippen molar-refractivity contribution >= 4 is 27.5 Å². The van der Waals surface area contributed by atoms with Crippen molar-refractivity contribution in [3.05, 3.63) is 52.3 Å². The summed E-state index contributed by atoms with van der Waals surface area (Å²) in [6, 6.07) is 10.3. The van der Waals surface area contributed by atoms with E-state index in [2.05, 4.69) is 26.2 Å². The molecule has 0 spiro atoms. The Morgan fingerprint density at radius 2 is 2.20 bits per heavy atom. The van der Waals surface area contributed by atoms with Gasteiger partial charge in [-0.3, -0.25) is 4.79 Å². The first-order chi connectivity index (χ1) is 9.67. The number of rotatable bonds is 3. The smallest absolute Gasteiger partial charge is 0.258 e. The summed E-state index contributed by atoms with van der Waals surface area (Å²) in [5, 5.41) is 11.8. The first-order valence-electron chi connectivity index (χ1n) is 5.66. The van der Waals surface area contributed by atoms with Gasteiger partial charge in [-0.2, -0.15) is 5.26 Å². The first kappa shape index (κ1) is 14.0. The van der Waals surface area contributed by atoms with Crippen molar-refractivity contribution in [1.82, 2.24) is 4.98 Å². The highest BCUT2D eigenvalue weighted by Gasteiger charge is 2.15. The molecule has 0 saturated heterocycles. The maximum atomic E-state index is 12.2. The summed E-state index contributed by atoms with van der Waals surface area (Å²) in [6.45, 7) is 0. The van der Waals surface area contributed by atoms with Gasteiger partial charge >= 0.3 is 0 Å². The second kappa shape index (κ2) is 6.17. The number of nitriles is 1. The Balaban J connectivity index is 2.38. The van der Waals surface area contributed by atoms with Crippen molar-refractivity contribution in [1.29, 1.82) is 5.26 Å². The van der Waals surface area contributed by atoms with E-state index in [-0.39, 0.29) is 5.91 Å². The SMILES string of the molecule is COc1cccc(C#N)c1NC(=O)c1cccnc1Br. The van der Waals surface area contributed by atoms with Crippen LogP contribution in [0.3, 0.4) is 0 Å². The van der Waals surface area contributed by atoms with Crippen LogP contribution in [0, 0.1) is 11.3 Å². The number of aromatic nitrogens is 1. The van der Waals surface area contributed by atoms with Crippen molar-refractivity contribution in [3.63, 3.8) is 0 Å². The number of amides is 1. The molecule has 1 heterocycles. The van der Waals surface area contributed by atoms with E-state index in [4.69, 9.17) is 10.00 Å². The van der Waals surface area contributed by atoms with Gasteiger partial charge in [-0.15, -0.1) is 0 Å². The van der Waals surface area contributed by atoms with Gasteiger partial charge in [-0.1, -0.05) is 6.07 Å². The van der Waals surface area contributed by atoms with Gasteiger partial charge in [-0.25, -0.2) is 4.98 Å². The number of para-hydroxylation sites is 1. The monoisotopic (exact) mass is 331 g/mol. The maximum absolute atomic E-state index is 12.2. The summed E-state index contributed by atoms with van der Waals surface area (Å²) in [6.07, 6.45) is 1.57. The van der Waals surface area contributed by atoms with Crippen molar-refractivity contribution in [3.8, 4) is 11.8 Å². The van der Waals surface area contributed by atoms with Crippen LogP contribution in [0.5, 0.6) is 5.75 Å².